The summed E-state index contributed by atoms with van der Waals surface area (Å²) in [7, 11) is 3.16. The summed E-state index contributed by atoms with van der Waals surface area (Å²) in [5.41, 5.74) is 6.88. The molecule has 1 aromatic carbocycles. The molecule has 0 radical (unpaired) electrons. The standard InChI is InChI=1S/C12H13ClN4O2/c1-18-8-3-7(4-9(5-8)19-2)16-11-10(14)6-15-12(13)17-11/h3-6H,14H2,1-2H3,(H,15,16,17). The first-order chi connectivity index (χ1) is 9.12. The molecule has 7 heteroatoms. The number of ether oxygens (including phenoxy) is 2. The summed E-state index contributed by atoms with van der Waals surface area (Å²) in [6, 6.07) is 5.34. The van der Waals surface area contributed by atoms with E-state index < -0.39 is 0 Å². The zero-order valence-electron chi connectivity index (χ0n) is 10.5. The summed E-state index contributed by atoms with van der Waals surface area (Å²) < 4.78 is 10.4. The number of hydrogen-bond donors (Lipinski definition) is 2. The maximum absolute atomic E-state index is 5.77. The Morgan fingerprint density at radius 2 is 1.79 bits per heavy atom. The molecular formula is C12H13ClN4O2. The number of halogens is 1. The van der Waals surface area contributed by atoms with Crippen molar-refractivity contribution in [2.24, 2.45) is 0 Å². The number of nitrogens with zero attached hydrogens (tertiary/aromatic N) is 2. The van der Waals surface area contributed by atoms with Gasteiger partial charge in [-0.3, -0.25) is 0 Å². The van der Waals surface area contributed by atoms with Crippen LogP contribution in [0.15, 0.2) is 24.4 Å². The van der Waals surface area contributed by atoms with Crippen molar-refractivity contribution in [3.8, 4) is 11.5 Å². The van der Waals surface area contributed by atoms with Crippen molar-refractivity contribution < 1.29 is 9.47 Å². The second-order valence-electron chi connectivity index (χ2n) is 3.67. The molecule has 1 aromatic heterocycles. The normalized spacial score (nSPS) is 10.1. The van der Waals surface area contributed by atoms with E-state index in [0.717, 1.165) is 5.69 Å². The largest absolute Gasteiger partial charge is 0.497 e. The van der Waals surface area contributed by atoms with E-state index in [-0.39, 0.29) is 5.28 Å². The van der Waals surface area contributed by atoms with Crippen molar-refractivity contribution in [1.82, 2.24) is 9.97 Å². The second-order valence-corrected chi connectivity index (χ2v) is 4.01. The molecule has 0 saturated carbocycles. The van der Waals surface area contributed by atoms with E-state index in [1.165, 1.54) is 6.20 Å². The van der Waals surface area contributed by atoms with Gasteiger partial charge in [0.25, 0.3) is 0 Å². The smallest absolute Gasteiger partial charge is 0.224 e. The third-order valence-electron chi connectivity index (χ3n) is 2.40. The first kappa shape index (κ1) is 13.2. The number of nitrogen functional groups attached to an aromatic ring is 1. The molecule has 0 fully saturated rings. The number of methoxy groups -OCH3 is 2. The van der Waals surface area contributed by atoms with Gasteiger partial charge in [0.2, 0.25) is 5.28 Å². The van der Waals surface area contributed by atoms with Crippen molar-refractivity contribution in [3.05, 3.63) is 29.7 Å². The third-order valence-corrected chi connectivity index (χ3v) is 2.58. The first-order valence-corrected chi connectivity index (χ1v) is 5.78. The molecule has 100 valence electrons. The van der Waals surface area contributed by atoms with Crippen LogP contribution in [0.4, 0.5) is 17.2 Å². The average Bonchev–Trinajstić information content (AvgIpc) is 2.42. The summed E-state index contributed by atoms with van der Waals surface area (Å²) >= 11 is 5.73. The van der Waals surface area contributed by atoms with E-state index >= 15 is 0 Å². The Hall–Kier alpha value is -2.21. The van der Waals surface area contributed by atoms with Gasteiger partial charge in [-0.15, -0.1) is 0 Å². The number of benzene rings is 1. The Labute approximate surface area is 115 Å². The molecule has 0 amide bonds. The van der Waals surface area contributed by atoms with Crippen LogP contribution in [0.1, 0.15) is 0 Å². The van der Waals surface area contributed by atoms with Crippen LogP contribution in [-0.4, -0.2) is 24.2 Å². The van der Waals surface area contributed by atoms with Crippen LogP contribution in [0.3, 0.4) is 0 Å². The zero-order valence-corrected chi connectivity index (χ0v) is 11.2. The average molecular weight is 281 g/mol. The fourth-order valence-corrected chi connectivity index (χ4v) is 1.62. The molecular weight excluding hydrogens is 268 g/mol. The highest BCUT2D eigenvalue weighted by atomic mass is 35.5. The number of rotatable bonds is 4. The minimum atomic E-state index is 0.117. The van der Waals surface area contributed by atoms with E-state index in [2.05, 4.69) is 15.3 Å². The monoisotopic (exact) mass is 280 g/mol. The SMILES string of the molecule is COc1cc(Nc2nc(Cl)ncc2N)cc(OC)c1. The van der Waals surface area contributed by atoms with Crippen molar-refractivity contribution in [2.75, 3.05) is 25.3 Å². The van der Waals surface area contributed by atoms with E-state index in [1.54, 1.807) is 32.4 Å². The molecule has 0 spiro atoms. The molecule has 6 nitrogen and oxygen atoms in total. The Kier molecular flexibility index (Phi) is 3.91. The topological polar surface area (TPSA) is 82.3 Å². The minimum Gasteiger partial charge on any atom is -0.497 e. The molecule has 2 rings (SSSR count). The summed E-state index contributed by atoms with van der Waals surface area (Å²) in [4.78, 5) is 7.80. The molecule has 0 unspecified atom stereocenters. The summed E-state index contributed by atoms with van der Waals surface area (Å²) in [5, 5.41) is 3.16. The lowest BCUT2D eigenvalue weighted by molar-refractivity contribution is 0.395. The number of hydrogen-bond acceptors (Lipinski definition) is 6. The van der Waals surface area contributed by atoms with E-state index in [4.69, 9.17) is 26.8 Å². The third kappa shape index (κ3) is 3.17. The van der Waals surface area contributed by atoms with Crippen molar-refractivity contribution in [3.63, 3.8) is 0 Å². The van der Waals surface area contributed by atoms with Gasteiger partial charge in [0, 0.05) is 23.9 Å². The van der Waals surface area contributed by atoms with Gasteiger partial charge in [0.05, 0.1) is 26.1 Å². The number of aromatic nitrogens is 2. The van der Waals surface area contributed by atoms with Gasteiger partial charge in [0.1, 0.15) is 11.5 Å². The predicted octanol–water partition coefficient (Wildman–Crippen LogP) is 2.47. The summed E-state index contributed by atoms with van der Waals surface area (Å²) in [5.74, 6) is 1.73. The summed E-state index contributed by atoms with van der Waals surface area (Å²) in [6.45, 7) is 0. The van der Waals surface area contributed by atoms with Crippen LogP contribution in [0.2, 0.25) is 5.28 Å². The molecule has 1 heterocycles. The zero-order chi connectivity index (χ0) is 13.8. The van der Waals surface area contributed by atoms with Gasteiger partial charge in [-0.1, -0.05) is 0 Å². The van der Waals surface area contributed by atoms with Crippen molar-refractivity contribution in [2.45, 2.75) is 0 Å². The Bertz CT molecular complexity index is 570. The first-order valence-electron chi connectivity index (χ1n) is 5.40. The Morgan fingerprint density at radius 3 is 2.37 bits per heavy atom. The highest BCUT2D eigenvalue weighted by Crippen LogP contribution is 2.29. The van der Waals surface area contributed by atoms with Crippen LogP contribution in [0.5, 0.6) is 11.5 Å². The van der Waals surface area contributed by atoms with Gasteiger partial charge in [-0.25, -0.2) is 4.98 Å². The quantitative estimate of drug-likeness (QED) is 0.837. The lowest BCUT2D eigenvalue weighted by Crippen LogP contribution is -2.01. The van der Waals surface area contributed by atoms with Crippen molar-refractivity contribution >= 4 is 28.8 Å². The van der Waals surface area contributed by atoms with Crippen molar-refractivity contribution in [1.29, 1.82) is 0 Å². The number of nitrogens with one attached hydrogen (secondary N) is 1. The van der Waals surface area contributed by atoms with Gasteiger partial charge < -0.3 is 20.5 Å². The van der Waals surface area contributed by atoms with E-state index in [1.807, 2.05) is 0 Å². The molecule has 0 aliphatic carbocycles. The maximum Gasteiger partial charge on any atom is 0.224 e. The van der Waals surface area contributed by atoms with E-state index in [0.29, 0.717) is 23.0 Å². The highest BCUT2D eigenvalue weighted by Gasteiger charge is 2.06. The van der Waals surface area contributed by atoms with Crippen LogP contribution in [-0.2, 0) is 0 Å². The summed E-state index contributed by atoms with van der Waals surface area (Å²) in [6.07, 6.45) is 1.44. The number of nitrogens with two attached hydrogens (primary N) is 1. The van der Waals surface area contributed by atoms with Crippen LogP contribution in [0, 0.1) is 0 Å². The molecule has 0 aliphatic heterocycles. The molecule has 3 N–H and O–H groups in total. The molecule has 0 aliphatic rings. The van der Waals surface area contributed by atoms with Gasteiger partial charge in [-0.2, -0.15) is 4.98 Å². The Morgan fingerprint density at radius 1 is 1.16 bits per heavy atom. The van der Waals surface area contributed by atoms with E-state index in [9.17, 15) is 0 Å². The molecule has 19 heavy (non-hydrogen) atoms. The molecule has 2 aromatic rings. The lowest BCUT2D eigenvalue weighted by atomic mass is 10.2. The highest BCUT2D eigenvalue weighted by molar-refractivity contribution is 6.28. The van der Waals surface area contributed by atoms with Gasteiger partial charge in [0.15, 0.2) is 5.82 Å². The fraction of sp³-hybridized carbons (Fsp3) is 0.167. The fourth-order valence-electron chi connectivity index (χ4n) is 1.49. The van der Waals surface area contributed by atoms with Crippen LogP contribution < -0.4 is 20.5 Å². The van der Waals surface area contributed by atoms with Gasteiger partial charge >= 0.3 is 0 Å². The van der Waals surface area contributed by atoms with Crippen LogP contribution >= 0.6 is 11.6 Å². The molecule has 0 saturated heterocycles. The minimum absolute atomic E-state index is 0.117. The molecule has 0 atom stereocenters. The number of anilines is 3. The Balaban J connectivity index is 2.34. The second kappa shape index (κ2) is 5.62. The molecule has 0 bridgehead atoms. The van der Waals surface area contributed by atoms with Gasteiger partial charge in [-0.05, 0) is 11.6 Å². The lowest BCUT2D eigenvalue weighted by Gasteiger charge is -2.11. The predicted molar refractivity (Wildman–Crippen MR) is 74.3 cm³/mol. The van der Waals surface area contributed by atoms with Crippen LogP contribution in [0.25, 0.3) is 0 Å². The maximum atomic E-state index is 5.77.